The van der Waals surface area contributed by atoms with Crippen LogP contribution in [-0.4, -0.2) is 12.1 Å². The van der Waals surface area contributed by atoms with Gasteiger partial charge in [-0.05, 0) is 31.7 Å². The smallest absolute Gasteiger partial charge is 0.0979 e. The molecular formula is C17H27NO. The number of rotatable bonds is 5. The first-order valence-electron chi connectivity index (χ1n) is 7.68. The van der Waals surface area contributed by atoms with Crippen molar-refractivity contribution < 1.29 is 4.74 Å². The first kappa shape index (κ1) is 14.5. The molecule has 0 aliphatic heterocycles. The highest BCUT2D eigenvalue weighted by atomic mass is 16.5. The number of benzene rings is 1. The molecule has 2 heteroatoms. The van der Waals surface area contributed by atoms with Crippen LogP contribution in [0.3, 0.4) is 0 Å². The van der Waals surface area contributed by atoms with E-state index >= 15 is 0 Å². The van der Waals surface area contributed by atoms with Crippen LogP contribution >= 0.6 is 0 Å². The number of hydrogen-bond donors (Lipinski definition) is 1. The molecule has 0 bridgehead atoms. The van der Waals surface area contributed by atoms with Crippen LogP contribution in [0.15, 0.2) is 24.3 Å². The summed E-state index contributed by atoms with van der Waals surface area (Å²) in [5.41, 5.74) is 8.79. The third-order valence-corrected chi connectivity index (χ3v) is 4.16. The van der Waals surface area contributed by atoms with Gasteiger partial charge < -0.3 is 10.5 Å². The molecule has 0 heterocycles. The Bertz CT molecular complexity index is 367. The molecule has 2 unspecified atom stereocenters. The summed E-state index contributed by atoms with van der Waals surface area (Å²) in [5.74, 6) is 0. The van der Waals surface area contributed by atoms with E-state index in [0.29, 0.717) is 6.10 Å². The maximum atomic E-state index is 6.35. The normalized spacial score (nSPS) is 20.2. The minimum absolute atomic E-state index is 0.0497. The van der Waals surface area contributed by atoms with E-state index in [4.69, 9.17) is 10.5 Å². The largest absolute Gasteiger partial charge is 0.369 e. The van der Waals surface area contributed by atoms with Crippen molar-refractivity contribution in [3.05, 3.63) is 35.4 Å². The van der Waals surface area contributed by atoms with Crippen LogP contribution < -0.4 is 5.73 Å². The summed E-state index contributed by atoms with van der Waals surface area (Å²) >= 11 is 0. The van der Waals surface area contributed by atoms with Crippen molar-refractivity contribution in [3.63, 3.8) is 0 Å². The third kappa shape index (κ3) is 4.05. The SMILES string of the molecule is CCC(N)C(OC1CCCCC1)c1ccc(C)cc1. The third-order valence-electron chi connectivity index (χ3n) is 4.16. The summed E-state index contributed by atoms with van der Waals surface area (Å²) in [4.78, 5) is 0. The van der Waals surface area contributed by atoms with Crippen molar-refractivity contribution in [3.8, 4) is 0 Å². The number of aryl methyl sites for hydroxylation is 1. The lowest BCUT2D eigenvalue weighted by Crippen LogP contribution is -2.33. The first-order valence-corrected chi connectivity index (χ1v) is 7.68. The van der Waals surface area contributed by atoms with Crippen molar-refractivity contribution in [2.24, 2.45) is 5.73 Å². The van der Waals surface area contributed by atoms with E-state index < -0.39 is 0 Å². The van der Waals surface area contributed by atoms with Crippen LogP contribution in [0.5, 0.6) is 0 Å². The Morgan fingerprint density at radius 2 is 1.79 bits per heavy atom. The summed E-state index contributed by atoms with van der Waals surface area (Å²) in [6.45, 7) is 4.25. The van der Waals surface area contributed by atoms with Gasteiger partial charge in [-0.25, -0.2) is 0 Å². The van der Waals surface area contributed by atoms with Crippen molar-refractivity contribution in [1.82, 2.24) is 0 Å². The van der Waals surface area contributed by atoms with Gasteiger partial charge in [-0.3, -0.25) is 0 Å². The van der Waals surface area contributed by atoms with Crippen LogP contribution in [0, 0.1) is 6.92 Å². The topological polar surface area (TPSA) is 35.2 Å². The van der Waals surface area contributed by atoms with Gasteiger partial charge in [0.15, 0.2) is 0 Å². The number of hydrogen-bond acceptors (Lipinski definition) is 2. The van der Waals surface area contributed by atoms with Gasteiger partial charge in [0, 0.05) is 6.04 Å². The van der Waals surface area contributed by atoms with Gasteiger partial charge in [0.05, 0.1) is 12.2 Å². The molecule has 1 aliphatic carbocycles. The van der Waals surface area contributed by atoms with E-state index in [0.717, 1.165) is 6.42 Å². The monoisotopic (exact) mass is 261 g/mol. The second kappa shape index (κ2) is 7.06. The van der Waals surface area contributed by atoms with Crippen molar-refractivity contribution in [1.29, 1.82) is 0 Å². The maximum Gasteiger partial charge on any atom is 0.0979 e. The summed E-state index contributed by atoms with van der Waals surface area (Å²) in [5, 5.41) is 0. The van der Waals surface area contributed by atoms with Crippen LogP contribution in [0.25, 0.3) is 0 Å². The molecule has 106 valence electrons. The molecular weight excluding hydrogens is 234 g/mol. The molecule has 1 aliphatic rings. The van der Waals surface area contributed by atoms with E-state index in [1.165, 1.54) is 43.2 Å². The molecule has 19 heavy (non-hydrogen) atoms. The molecule has 0 saturated heterocycles. The lowest BCUT2D eigenvalue weighted by atomic mass is 9.95. The average Bonchev–Trinajstić information content (AvgIpc) is 2.46. The van der Waals surface area contributed by atoms with Crippen LogP contribution in [0.2, 0.25) is 0 Å². The fraction of sp³-hybridized carbons (Fsp3) is 0.647. The molecule has 2 nitrogen and oxygen atoms in total. The molecule has 1 aromatic carbocycles. The molecule has 0 aromatic heterocycles. The molecule has 1 aromatic rings. The minimum atomic E-state index is 0.0497. The van der Waals surface area contributed by atoms with E-state index in [1.807, 2.05) is 0 Å². The highest BCUT2D eigenvalue weighted by Crippen LogP contribution is 2.29. The van der Waals surface area contributed by atoms with Gasteiger partial charge in [-0.15, -0.1) is 0 Å². The molecule has 2 rings (SSSR count). The van der Waals surface area contributed by atoms with Crippen LogP contribution in [0.1, 0.15) is 62.7 Å². The zero-order valence-electron chi connectivity index (χ0n) is 12.3. The highest BCUT2D eigenvalue weighted by Gasteiger charge is 2.24. The molecule has 1 fully saturated rings. The second-order valence-corrected chi connectivity index (χ2v) is 5.80. The van der Waals surface area contributed by atoms with Gasteiger partial charge in [0.2, 0.25) is 0 Å². The predicted molar refractivity (Wildman–Crippen MR) is 80.1 cm³/mol. The van der Waals surface area contributed by atoms with Crippen molar-refractivity contribution >= 4 is 0 Å². The molecule has 2 atom stereocenters. The van der Waals surface area contributed by atoms with Gasteiger partial charge in [0.1, 0.15) is 0 Å². The second-order valence-electron chi connectivity index (χ2n) is 5.80. The molecule has 1 saturated carbocycles. The van der Waals surface area contributed by atoms with Gasteiger partial charge in [-0.2, -0.15) is 0 Å². The fourth-order valence-electron chi connectivity index (χ4n) is 2.81. The summed E-state index contributed by atoms with van der Waals surface area (Å²) in [7, 11) is 0. The zero-order valence-corrected chi connectivity index (χ0v) is 12.3. The predicted octanol–water partition coefficient (Wildman–Crippen LogP) is 4.12. The zero-order chi connectivity index (χ0) is 13.7. The molecule has 2 N–H and O–H groups in total. The number of nitrogens with two attached hydrogens (primary N) is 1. The van der Waals surface area contributed by atoms with Gasteiger partial charge in [0.25, 0.3) is 0 Å². The van der Waals surface area contributed by atoms with Gasteiger partial charge >= 0.3 is 0 Å². The minimum Gasteiger partial charge on any atom is -0.369 e. The van der Waals surface area contributed by atoms with Crippen molar-refractivity contribution in [2.75, 3.05) is 0 Å². The van der Waals surface area contributed by atoms with Crippen LogP contribution in [0.4, 0.5) is 0 Å². The molecule has 0 amide bonds. The lowest BCUT2D eigenvalue weighted by Gasteiger charge is -2.31. The Morgan fingerprint density at radius 1 is 1.16 bits per heavy atom. The fourth-order valence-corrected chi connectivity index (χ4v) is 2.81. The van der Waals surface area contributed by atoms with Crippen molar-refractivity contribution in [2.45, 2.75) is 70.6 Å². The van der Waals surface area contributed by atoms with E-state index in [2.05, 4.69) is 38.1 Å². The molecule has 0 spiro atoms. The average molecular weight is 261 g/mol. The Balaban J connectivity index is 2.08. The Labute approximate surface area is 117 Å². The van der Waals surface area contributed by atoms with E-state index in [-0.39, 0.29) is 12.1 Å². The maximum absolute atomic E-state index is 6.35. The Morgan fingerprint density at radius 3 is 2.37 bits per heavy atom. The summed E-state index contributed by atoms with van der Waals surface area (Å²) in [6.07, 6.45) is 7.74. The summed E-state index contributed by atoms with van der Waals surface area (Å²) < 4.78 is 6.35. The quantitative estimate of drug-likeness (QED) is 0.865. The number of ether oxygens (including phenoxy) is 1. The highest BCUT2D eigenvalue weighted by molar-refractivity contribution is 5.24. The first-order chi connectivity index (χ1) is 9.20. The summed E-state index contributed by atoms with van der Waals surface area (Å²) in [6, 6.07) is 8.71. The Kier molecular flexibility index (Phi) is 5.41. The van der Waals surface area contributed by atoms with E-state index in [1.54, 1.807) is 0 Å². The Hall–Kier alpha value is -0.860. The lowest BCUT2D eigenvalue weighted by molar-refractivity contribution is -0.0437. The van der Waals surface area contributed by atoms with E-state index in [9.17, 15) is 0 Å². The van der Waals surface area contributed by atoms with Crippen LogP contribution in [-0.2, 0) is 4.74 Å². The molecule has 0 radical (unpaired) electrons. The van der Waals surface area contributed by atoms with Gasteiger partial charge in [-0.1, -0.05) is 56.0 Å². The standard InChI is InChI=1S/C17H27NO/c1-3-16(18)17(14-11-9-13(2)10-12-14)19-15-7-5-4-6-8-15/h9-12,15-17H,3-8,18H2,1-2H3.